The predicted octanol–water partition coefficient (Wildman–Crippen LogP) is 2.47. The summed E-state index contributed by atoms with van der Waals surface area (Å²) >= 11 is 0. The summed E-state index contributed by atoms with van der Waals surface area (Å²) < 4.78 is 16.2. The number of hydrogen-bond donors (Lipinski definition) is 0. The van der Waals surface area contributed by atoms with Crippen molar-refractivity contribution in [2.75, 3.05) is 14.2 Å². The van der Waals surface area contributed by atoms with Crippen LogP contribution in [0.5, 0.6) is 0 Å². The Morgan fingerprint density at radius 3 is 1.53 bits per heavy atom. The minimum Gasteiger partial charge on any atom is -0.379 e. The number of hydrogen-bond acceptors (Lipinski definition) is 3. The van der Waals surface area contributed by atoms with Crippen LogP contribution in [-0.2, 0) is 13.3 Å². The van der Waals surface area contributed by atoms with Crippen molar-refractivity contribution in [2.45, 2.75) is 46.6 Å². The molecule has 0 N–H and O–H groups in total. The highest BCUT2D eigenvalue weighted by molar-refractivity contribution is 6.36. The topological polar surface area (TPSA) is 27.7 Å². The van der Waals surface area contributed by atoms with E-state index >= 15 is 0 Å². The first-order valence-corrected chi connectivity index (χ1v) is 7.12. The minimum atomic E-state index is -1.87. The summed E-state index contributed by atoms with van der Waals surface area (Å²) in [5, 5.41) is 0. The lowest BCUT2D eigenvalue weighted by molar-refractivity contribution is 0.0630. The highest BCUT2D eigenvalue weighted by atomic mass is 28.3. The summed E-state index contributed by atoms with van der Waals surface area (Å²) in [4.78, 5) is 0. The van der Waals surface area contributed by atoms with E-state index in [0.717, 1.165) is 12.8 Å². The van der Waals surface area contributed by atoms with E-state index in [1.54, 1.807) is 14.2 Å². The third-order valence-electron chi connectivity index (χ3n) is 2.16. The van der Waals surface area contributed by atoms with Crippen LogP contribution in [-0.4, -0.2) is 29.9 Å². The van der Waals surface area contributed by atoms with E-state index in [1.807, 2.05) is 0 Å². The molecule has 15 heavy (non-hydrogen) atoms. The lowest BCUT2D eigenvalue weighted by Crippen LogP contribution is -2.31. The molecule has 0 aromatic carbocycles. The highest BCUT2D eigenvalue weighted by Gasteiger charge is 2.20. The molecule has 92 valence electrons. The molecule has 0 aliphatic carbocycles. The van der Waals surface area contributed by atoms with Crippen molar-refractivity contribution >= 4 is 9.53 Å². The van der Waals surface area contributed by atoms with Crippen molar-refractivity contribution in [3.05, 3.63) is 0 Å². The van der Waals surface area contributed by atoms with Crippen LogP contribution >= 0.6 is 0 Å². The van der Waals surface area contributed by atoms with E-state index in [-0.39, 0.29) is 6.10 Å². The first kappa shape index (κ1) is 15.1. The molecular formula is C11H26O3Si. The maximum atomic E-state index is 5.86. The Hall–Kier alpha value is 0.0969. The molecule has 0 radical (unpaired) electrons. The van der Waals surface area contributed by atoms with Crippen LogP contribution in [0.2, 0.25) is 0 Å². The molecule has 0 heterocycles. The zero-order valence-corrected chi connectivity index (χ0v) is 12.1. The average molecular weight is 234 g/mol. The van der Waals surface area contributed by atoms with Gasteiger partial charge in [-0.1, -0.05) is 27.7 Å². The third kappa shape index (κ3) is 7.96. The lowest BCUT2D eigenvalue weighted by atomic mass is 9.98. The predicted molar refractivity (Wildman–Crippen MR) is 65.0 cm³/mol. The van der Waals surface area contributed by atoms with Gasteiger partial charge in [0.05, 0.1) is 0 Å². The maximum Gasteiger partial charge on any atom is 0.483 e. The van der Waals surface area contributed by atoms with Crippen LogP contribution < -0.4 is 0 Å². The molecule has 0 atom stereocenters. The molecule has 0 saturated carbocycles. The molecule has 0 spiro atoms. The quantitative estimate of drug-likeness (QED) is 0.604. The van der Waals surface area contributed by atoms with E-state index < -0.39 is 9.53 Å². The molecule has 0 unspecified atom stereocenters. The van der Waals surface area contributed by atoms with Crippen LogP contribution in [0.25, 0.3) is 0 Å². The second-order valence-electron chi connectivity index (χ2n) is 4.78. The number of rotatable bonds is 8. The first-order chi connectivity index (χ1) is 6.99. The average Bonchev–Trinajstić information content (AvgIpc) is 2.11. The van der Waals surface area contributed by atoms with Crippen LogP contribution in [0.15, 0.2) is 0 Å². The van der Waals surface area contributed by atoms with Gasteiger partial charge >= 0.3 is 9.53 Å². The summed E-state index contributed by atoms with van der Waals surface area (Å²) in [5.74, 6) is 1.30. The van der Waals surface area contributed by atoms with Crippen LogP contribution in [0.4, 0.5) is 0 Å². The van der Waals surface area contributed by atoms with Crippen molar-refractivity contribution in [2.24, 2.45) is 11.8 Å². The Kier molecular flexibility index (Phi) is 8.33. The molecule has 0 bridgehead atoms. The van der Waals surface area contributed by atoms with Gasteiger partial charge in [0.2, 0.25) is 0 Å². The van der Waals surface area contributed by atoms with Gasteiger partial charge in [-0.05, 0) is 24.7 Å². The van der Waals surface area contributed by atoms with E-state index in [4.69, 9.17) is 13.3 Å². The van der Waals surface area contributed by atoms with Gasteiger partial charge < -0.3 is 13.3 Å². The van der Waals surface area contributed by atoms with E-state index in [9.17, 15) is 0 Å². The fourth-order valence-electron chi connectivity index (χ4n) is 1.62. The van der Waals surface area contributed by atoms with Crippen molar-refractivity contribution in [3.63, 3.8) is 0 Å². The Labute approximate surface area is 96.1 Å². The van der Waals surface area contributed by atoms with E-state index in [0.29, 0.717) is 11.8 Å². The molecule has 0 aromatic heterocycles. The molecule has 0 aliphatic rings. The second kappa shape index (κ2) is 8.27. The van der Waals surface area contributed by atoms with E-state index in [2.05, 4.69) is 27.7 Å². The van der Waals surface area contributed by atoms with Gasteiger partial charge in [0.1, 0.15) is 0 Å². The molecular weight excluding hydrogens is 208 g/mol. The molecule has 4 heteroatoms. The molecule has 3 nitrogen and oxygen atoms in total. The smallest absolute Gasteiger partial charge is 0.379 e. The molecule has 0 saturated heterocycles. The summed E-state index contributed by atoms with van der Waals surface area (Å²) in [7, 11) is 1.44. The largest absolute Gasteiger partial charge is 0.483 e. The third-order valence-corrected chi connectivity index (χ3v) is 3.53. The van der Waals surface area contributed by atoms with Crippen molar-refractivity contribution in [1.82, 2.24) is 0 Å². The summed E-state index contributed by atoms with van der Waals surface area (Å²) in [6.07, 6.45) is 2.43. The van der Waals surface area contributed by atoms with Gasteiger partial charge in [0.15, 0.2) is 0 Å². The van der Waals surface area contributed by atoms with Crippen LogP contribution in [0.3, 0.4) is 0 Å². The summed E-state index contributed by atoms with van der Waals surface area (Å²) in [5.41, 5.74) is 0. The first-order valence-electron chi connectivity index (χ1n) is 5.70. The fourth-order valence-corrected chi connectivity index (χ4v) is 2.57. The Bertz CT molecular complexity index is 137. The summed E-state index contributed by atoms with van der Waals surface area (Å²) in [6.45, 7) is 8.86. The molecule has 0 amide bonds. The highest BCUT2D eigenvalue weighted by Crippen LogP contribution is 2.17. The van der Waals surface area contributed by atoms with Gasteiger partial charge in [0, 0.05) is 20.3 Å². The SMILES string of the molecule is CO[SiH](OC)OC(CC(C)C)CC(C)C. The molecule has 0 fully saturated rings. The van der Waals surface area contributed by atoms with Gasteiger partial charge in [-0.3, -0.25) is 0 Å². The monoisotopic (exact) mass is 234 g/mol. The van der Waals surface area contributed by atoms with Gasteiger partial charge in [-0.25, -0.2) is 0 Å². The Morgan fingerprint density at radius 1 is 0.867 bits per heavy atom. The van der Waals surface area contributed by atoms with Crippen molar-refractivity contribution in [3.8, 4) is 0 Å². The standard InChI is InChI=1S/C11H26O3Si/c1-9(2)7-11(8-10(3)4)14-15(12-5)13-6/h9-11,15H,7-8H2,1-6H3. The maximum absolute atomic E-state index is 5.86. The lowest BCUT2D eigenvalue weighted by Gasteiger charge is -2.24. The fraction of sp³-hybridized carbons (Fsp3) is 1.00. The Morgan fingerprint density at radius 2 is 1.27 bits per heavy atom. The zero-order valence-electron chi connectivity index (χ0n) is 10.9. The van der Waals surface area contributed by atoms with Crippen LogP contribution in [0.1, 0.15) is 40.5 Å². The van der Waals surface area contributed by atoms with Crippen molar-refractivity contribution in [1.29, 1.82) is 0 Å². The minimum absolute atomic E-state index is 0.279. The van der Waals surface area contributed by atoms with E-state index in [1.165, 1.54) is 0 Å². The Balaban J connectivity index is 4.09. The molecule has 0 aromatic rings. The zero-order chi connectivity index (χ0) is 11.8. The normalized spacial score (nSPS) is 12.4. The van der Waals surface area contributed by atoms with Crippen molar-refractivity contribution < 1.29 is 13.3 Å². The van der Waals surface area contributed by atoms with Gasteiger partial charge in [-0.15, -0.1) is 0 Å². The molecule has 0 aliphatic heterocycles. The van der Waals surface area contributed by atoms with Crippen LogP contribution in [0, 0.1) is 11.8 Å². The summed E-state index contributed by atoms with van der Waals surface area (Å²) in [6, 6.07) is 0. The van der Waals surface area contributed by atoms with Gasteiger partial charge in [0.25, 0.3) is 0 Å². The molecule has 0 rings (SSSR count). The second-order valence-corrected chi connectivity index (χ2v) is 6.57. The van der Waals surface area contributed by atoms with Gasteiger partial charge in [-0.2, -0.15) is 0 Å².